The lowest BCUT2D eigenvalue weighted by atomic mass is 9.99. The van der Waals surface area contributed by atoms with Crippen molar-refractivity contribution in [3.8, 4) is 17.2 Å². The third kappa shape index (κ3) is 5.22. The lowest BCUT2D eigenvalue weighted by Crippen LogP contribution is -2.42. The highest BCUT2D eigenvalue weighted by Gasteiger charge is 2.47. The lowest BCUT2D eigenvalue weighted by Gasteiger charge is -2.15. The van der Waals surface area contributed by atoms with E-state index in [1.807, 2.05) is 18.2 Å². The highest BCUT2D eigenvalue weighted by molar-refractivity contribution is 6.30. The van der Waals surface area contributed by atoms with Crippen LogP contribution in [-0.4, -0.2) is 50.1 Å². The van der Waals surface area contributed by atoms with Crippen LogP contribution in [0.15, 0.2) is 66.7 Å². The van der Waals surface area contributed by atoms with Gasteiger partial charge in [-0.3, -0.25) is 9.59 Å². The Balaban J connectivity index is 1.69. The first kappa shape index (κ1) is 24.1. The van der Waals surface area contributed by atoms with Gasteiger partial charge in [-0.2, -0.15) is 0 Å². The van der Waals surface area contributed by atoms with E-state index in [9.17, 15) is 9.59 Å². The Hall–Kier alpha value is -4.04. The Bertz CT molecular complexity index is 1260. The van der Waals surface area contributed by atoms with Crippen LogP contribution in [0.25, 0.3) is 0 Å². The quantitative estimate of drug-likeness (QED) is 0.492. The largest absolute Gasteiger partial charge is 0.497 e. The number of hydrazone groups is 1. The Morgan fingerprint density at radius 1 is 0.943 bits per heavy atom. The summed E-state index contributed by atoms with van der Waals surface area (Å²) in [5.74, 6) is 1.06. The van der Waals surface area contributed by atoms with Crippen molar-refractivity contribution in [2.24, 2.45) is 0 Å². The summed E-state index contributed by atoms with van der Waals surface area (Å²) in [6.07, 6.45) is 1.78. The highest BCUT2D eigenvalue weighted by atomic mass is 35.5. The normalized spacial score (nSPS) is 18.2. The molecule has 0 saturated carbocycles. The Kier molecular flexibility index (Phi) is 7.22. The molecule has 1 heterocycles. The molecule has 0 aliphatic carbocycles. The average Bonchev–Trinajstić information content (AvgIpc) is 3.18. The maximum absolute atomic E-state index is 13.0. The molecule has 35 heavy (non-hydrogen) atoms. The number of hydrogen-bond donors (Lipinski definition) is 2. The van der Waals surface area contributed by atoms with Gasteiger partial charge in [-0.25, -0.2) is 0 Å². The zero-order chi connectivity index (χ0) is 24.9. The molecule has 2 N–H and O–H groups in total. The fraction of sp³-hybridized carbons (Fsp3) is 0.192. The molecule has 1 fully saturated rings. The summed E-state index contributed by atoms with van der Waals surface area (Å²) >= 11 is 6.09. The highest BCUT2D eigenvalue weighted by Crippen LogP contribution is 2.29. The van der Waals surface area contributed by atoms with Crippen molar-refractivity contribution in [2.45, 2.75) is 12.1 Å². The first-order chi connectivity index (χ1) is 16.9. The van der Waals surface area contributed by atoms with Crippen LogP contribution in [0.1, 0.15) is 27.5 Å². The molecular weight excluding hydrogens is 470 g/mol. The molecule has 4 rings (SSSR count). The van der Waals surface area contributed by atoms with Gasteiger partial charge < -0.3 is 19.5 Å². The van der Waals surface area contributed by atoms with Gasteiger partial charge in [0.25, 0.3) is 5.91 Å². The number of amides is 2. The van der Waals surface area contributed by atoms with Crippen LogP contribution in [0.3, 0.4) is 0 Å². The monoisotopic (exact) mass is 494 g/mol. The first-order valence-corrected chi connectivity index (χ1v) is 11.2. The van der Waals surface area contributed by atoms with Crippen molar-refractivity contribution < 1.29 is 28.5 Å². The third-order valence-corrected chi connectivity index (χ3v) is 5.94. The van der Waals surface area contributed by atoms with Gasteiger partial charge in [0.05, 0.1) is 21.3 Å². The smallest absolute Gasteiger partial charge is 0.304 e. The van der Waals surface area contributed by atoms with Crippen LogP contribution >= 0.6 is 11.6 Å². The number of benzene rings is 3. The maximum atomic E-state index is 13.0. The second-order valence-corrected chi connectivity index (χ2v) is 8.24. The Labute approximate surface area is 208 Å². The summed E-state index contributed by atoms with van der Waals surface area (Å²) in [7, 11) is 4.67. The van der Waals surface area contributed by atoms with Gasteiger partial charge >= 0.3 is 5.91 Å². The molecule has 0 bridgehead atoms. The van der Waals surface area contributed by atoms with Crippen LogP contribution in [-0.2, 0) is 4.79 Å². The van der Waals surface area contributed by atoms with Crippen LogP contribution < -0.4 is 25.0 Å². The minimum Gasteiger partial charge on any atom is -0.497 e. The predicted octanol–water partition coefficient (Wildman–Crippen LogP) is 3.38. The van der Waals surface area contributed by atoms with Gasteiger partial charge in [0, 0.05) is 21.7 Å². The van der Waals surface area contributed by atoms with Crippen molar-refractivity contribution in [2.75, 3.05) is 21.3 Å². The molecule has 1 saturated heterocycles. The molecule has 0 unspecified atom stereocenters. The number of carbonyl (C=O) groups is 2. The third-order valence-electron chi connectivity index (χ3n) is 5.68. The molecule has 0 spiro atoms. The van der Waals surface area contributed by atoms with Crippen LogP contribution in [0.5, 0.6) is 17.2 Å². The van der Waals surface area contributed by atoms with Crippen molar-refractivity contribution in [1.29, 1.82) is 0 Å². The number of hydrazine groups is 1. The van der Waals surface area contributed by atoms with Crippen LogP contribution in [0.2, 0.25) is 5.02 Å². The number of carbonyl (C=O) groups excluding carboxylic acids is 2. The standard InChI is InChI=1S/C26H24ClN3O5/c1-33-20-11-7-18(8-12-20)25(31)28-23-24(17-5-9-19(27)10-6-17)30(29-26(23)32)15-16-4-13-21(34-2)22(14-16)35-3/h4-15,23-24H,1-3H3,(H-,28,29,31,32)/p+1/b30-15-/t23-,24-/m0/s1. The van der Waals surface area contributed by atoms with Gasteiger partial charge in [0.1, 0.15) is 5.75 Å². The van der Waals surface area contributed by atoms with Crippen molar-refractivity contribution >= 4 is 29.6 Å². The van der Waals surface area contributed by atoms with E-state index in [1.165, 1.54) is 0 Å². The Morgan fingerprint density at radius 2 is 1.63 bits per heavy atom. The SMILES string of the molecule is COc1ccc(C(=O)N[C@@H]2C(=O)N/[N+](=C\c3ccc(OC)c(OC)c3)[C@H]2c2ccc(Cl)cc2)cc1. The summed E-state index contributed by atoms with van der Waals surface area (Å²) in [6.45, 7) is 0. The van der Waals surface area contributed by atoms with E-state index in [2.05, 4.69) is 10.7 Å². The van der Waals surface area contributed by atoms with Crippen molar-refractivity contribution in [1.82, 2.24) is 10.7 Å². The lowest BCUT2D eigenvalue weighted by molar-refractivity contribution is -0.596. The molecule has 3 aromatic rings. The van der Waals surface area contributed by atoms with E-state index in [0.29, 0.717) is 27.8 Å². The number of rotatable bonds is 7. The maximum Gasteiger partial charge on any atom is 0.304 e. The number of hydrogen-bond acceptors (Lipinski definition) is 5. The minimum absolute atomic E-state index is 0.344. The van der Waals surface area contributed by atoms with E-state index in [1.54, 1.807) is 80.8 Å². The fourth-order valence-corrected chi connectivity index (χ4v) is 4.03. The number of methoxy groups -OCH3 is 3. The molecule has 2 amide bonds. The molecule has 8 nitrogen and oxygen atoms in total. The summed E-state index contributed by atoms with van der Waals surface area (Å²) in [6, 6.07) is 17.9. The molecule has 3 aromatic carbocycles. The summed E-state index contributed by atoms with van der Waals surface area (Å²) < 4.78 is 17.5. The molecule has 2 atom stereocenters. The molecule has 180 valence electrons. The van der Waals surface area contributed by atoms with E-state index in [-0.39, 0.29) is 11.8 Å². The zero-order valence-corrected chi connectivity index (χ0v) is 20.2. The summed E-state index contributed by atoms with van der Waals surface area (Å²) in [4.78, 5) is 26.0. The molecular formula is C26H25ClN3O5+. The van der Waals surface area contributed by atoms with Gasteiger partial charge in [-0.05, 0) is 54.6 Å². The average molecular weight is 495 g/mol. The fourth-order valence-electron chi connectivity index (χ4n) is 3.90. The van der Waals surface area contributed by atoms with Gasteiger partial charge in [-0.15, -0.1) is 10.1 Å². The molecule has 0 aromatic heterocycles. The number of halogens is 1. The van der Waals surface area contributed by atoms with Crippen molar-refractivity contribution in [3.05, 3.63) is 88.4 Å². The second kappa shape index (κ2) is 10.5. The van der Waals surface area contributed by atoms with Gasteiger partial charge in [0.15, 0.2) is 17.5 Å². The summed E-state index contributed by atoms with van der Waals surface area (Å²) in [5.41, 5.74) is 4.83. The van der Waals surface area contributed by atoms with Gasteiger partial charge in [0.2, 0.25) is 12.3 Å². The Morgan fingerprint density at radius 3 is 2.26 bits per heavy atom. The molecule has 1 aliphatic rings. The van der Waals surface area contributed by atoms with Crippen LogP contribution in [0.4, 0.5) is 0 Å². The molecule has 0 radical (unpaired) electrons. The van der Waals surface area contributed by atoms with E-state index in [4.69, 9.17) is 25.8 Å². The van der Waals surface area contributed by atoms with Crippen LogP contribution in [0, 0.1) is 0 Å². The minimum atomic E-state index is -0.859. The van der Waals surface area contributed by atoms with E-state index in [0.717, 1.165) is 11.1 Å². The van der Waals surface area contributed by atoms with E-state index < -0.39 is 12.1 Å². The molecule has 1 aliphatic heterocycles. The second-order valence-electron chi connectivity index (χ2n) is 7.80. The first-order valence-electron chi connectivity index (χ1n) is 10.8. The number of nitrogens with one attached hydrogen (secondary N) is 2. The zero-order valence-electron chi connectivity index (χ0n) is 19.4. The summed E-state index contributed by atoms with van der Waals surface area (Å²) in [5, 5.41) is 3.44. The predicted molar refractivity (Wildman–Crippen MR) is 132 cm³/mol. The number of nitrogens with zero attached hydrogens (tertiary/aromatic N) is 1. The van der Waals surface area contributed by atoms with E-state index >= 15 is 0 Å². The number of ether oxygens (including phenoxy) is 3. The van der Waals surface area contributed by atoms with Crippen molar-refractivity contribution in [3.63, 3.8) is 0 Å². The molecule has 9 heteroatoms. The topological polar surface area (TPSA) is 88.9 Å². The van der Waals surface area contributed by atoms with Gasteiger partial charge in [-0.1, -0.05) is 23.7 Å².